The van der Waals surface area contributed by atoms with Crippen molar-refractivity contribution in [1.29, 1.82) is 0 Å². The smallest absolute Gasteiger partial charge is 0.255 e. The zero-order valence-corrected chi connectivity index (χ0v) is 19.2. The lowest BCUT2D eigenvalue weighted by molar-refractivity contribution is 0.0940. The van der Waals surface area contributed by atoms with Gasteiger partial charge in [-0.25, -0.2) is 8.91 Å². The van der Waals surface area contributed by atoms with Gasteiger partial charge in [0, 0.05) is 29.6 Å². The number of fused-ring (bicyclic) bond motifs is 1. The average molecular weight is 450 g/mol. The summed E-state index contributed by atoms with van der Waals surface area (Å²) in [6.45, 7) is 8.14. The molecule has 8 nitrogen and oxygen atoms in total. The van der Waals surface area contributed by atoms with Crippen LogP contribution < -0.4 is 11.1 Å². The van der Waals surface area contributed by atoms with Gasteiger partial charge in [-0.05, 0) is 43.0 Å². The quantitative estimate of drug-likeness (QED) is 0.442. The fourth-order valence-corrected chi connectivity index (χ4v) is 3.87. The van der Waals surface area contributed by atoms with Crippen LogP contribution in [-0.2, 0) is 0 Å². The van der Waals surface area contributed by atoms with Gasteiger partial charge in [0.2, 0.25) is 5.95 Å². The molecule has 1 amide bonds. The van der Waals surface area contributed by atoms with Crippen molar-refractivity contribution >= 4 is 17.5 Å². The number of hydrogen-bond donors (Lipinski definition) is 2. The van der Waals surface area contributed by atoms with Crippen molar-refractivity contribution in [3.05, 3.63) is 65.9 Å². The van der Waals surface area contributed by atoms with E-state index in [1.807, 2.05) is 24.7 Å². The molecular formula is C24H28FN7O. The molecule has 0 aliphatic heterocycles. The molecule has 1 aromatic carbocycles. The first-order valence-corrected chi connectivity index (χ1v) is 11.0. The van der Waals surface area contributed by atoms with Crippen LogP contribution in [0.4, 0.5) is 10.3 Å². The Morgan fingerprint density at radius 1 is 1.15 bits per heavy atom. The molecule has 0 aliphatic carbocycles. The number of carbonyl (C=O) groups is 1. The number of benzene rings is 1. The molecule has 4 aromatic rings. The molecule has 3 aromatic heterocycles. The Labute approximate surface area is 191 Å². The Balaban J connectivity index is 1.75. The first-order chi connectivity index (χ1) is 15.8. The Kier molecular flexibility index (Phi) is 6.13. The molecule has 0 unspecified atom stereocenters. The third kappa shape index (κ3) is 4.57. The predicted molar refractivity (Wildman–Crippen MR) is 125 cm³/mol. The lowest BCUT2D eigenvalue weighted by Crippen LogP contribution is -2.32. The molecule has 2 atom stereocenters. The van der Waals surface area contributed by atoms with Crippen LogP contribution in [0.15, 0.2) is 48.9 Å². The van der Waals surface area contributed by atoms with Crippen molar-refractivity contribution in [2.45, 2.75) is 46.2 Å². The number of nitrogen functional groups attached to an aromatic ring is 1. The summed E-state index contributed by atoms with van der Waals surface area (Å²) in [5.74, 6) is -0.192. The van der Waals surface area contributed by atoms with Gasteiger partial charge in [0.1, 0.15) is 5.82 Å². The van der Waals surface area contributed by atoms with E-state index in [2.05, 4.69) is 34.3 Å². The lowest BCUT2D eigenvalue weighted by atomic mass is 9.96. The van der Waals surface area contributed by atoms with Crippen molar-refractivity contribution in [1.82, 2.24) is 29.7 Å². The summed E-state index contributed by atoms with van der Waals surface area (Å²) in [5.41, 5.74) is 9.14. The minimum absolute atomic E-state index is 0.0201. The van der Waals surface area contributed by atoms with Crippen LogP contribution in [0.25, 0.3) is 16.8 Å². The highest BCUT2D eigenvalue weighted by atomic mass is 19.1. The zero-order valence-electron chi connectivity index (χ0n) is 19.2. The fourth-order valence-electron chi connectivity index (χ4n) is 3.87. The number of aromatic nitrogens is 5. The molecule has 4 rings (SSSR count). The highest BCUT2D eigenvalue weighted by Crippen LogP contribution is 2.29. The number of nitrogens with two attached hydrogens (primary N) is 1. The van der Waals surface area contributed by atoms with Gasteiger partial charge in [-0.15, -0.1) is 5.10 Å². The van der Waals surface area contributed by atoms with E-state index >= 15 is 0 Å². The summed E-state index contributed by atoms with van der Waals surface area (Å²) in [6, 6.07) is 8.21. The number of amides is 1. The number of nitrogens with one attached hydrogen (secondary N) is 1. The van der Waals surface area contributed by atoms with E-state index in [1.54, 1.807) is 30.6 Å². The van der Waals surface area contributed by atoms with Crippen molar-refractivity contribution in [3.63, 3.8) is 0 Å². The van der Waals surface area contributed by atoms with Crippen molar-refractivity contribution in [2.24, 2.45) is 5.92 Å². The minimum Gasteiger partial charge on any atom is -0.366 e. The first-order valence-electron chi connectivity index (χ1n) is 11.0. The molecule has 0 aliphatic rings. The van der Waals surface area contributed by atoms with Crippen molar-refractivity contribution < 1.29 is 9.18 Å². The maximum absolute atomic E-state index is 13.4. The largest absolute Gasteiger partial charge is 0.366 e. The average Bonchev–Trinajstić information content (AvgIpc) is 3.40. The summed E-state index contributed by atoms with van der Waals surface area (Å²) in [4.78, 5) is 17.2. The molecule has 0 spiro atoms. The highest BCUT2D eigenvalue weighted by molar-refractivity contribution is 6.01. The topological polar surface area (TPSA) is 103 Å². The lowest BCUT2D eigenvalue weighted by Gasteiger charge is -2.22. The van der Waals surface area contributed by atoms with Crippen LogP contribution in [0.2, 0.25) is 0 Å². The second-order valence-electron chi connectivity index (χ2n) is 8.61. The van der Waals surface area contributed by atoms with Gasteiger partial charge in [-0.2, -0.15) is 10.1 Å². The van der Waals surface area contributed by atoms with E-state index in [0.29, 0.717) is 11.2 Å². The molecule has 0 saturated heterocycles. The second kappa shape index (κ2) is 9.01. The molecule has 172 valence electrons. The van der Waals surface area contributed by atoms with Crippen LogP contribution in [0.1, 0.15) is 56.1 Å². The number of hydrogen-bond acceptors (Lipinski definition) is 5. The van der Waals surface area contributed by atoms with Crippen LogP contribution in [0.5, 0.6) is 0 Å². The molecule has 0 radical (unpaired) electrons. The number of carbonyl (C=O) groups excluding carboxylic acids is 1. The molecule has 9 heteroatoms. The third-order valence-electron chi connectivity index (χ3n) is 5.75. The number of halogens is 1. The molecule has 33 heavy (non-hydrogen) atoms. The molecule has 0 fully saturated rings. The van der Waals surface area contributed by atoms with Gasteiger partial charge in [0.25, 0.3) is 5.91 Å². The minimum atomic E-state index is -0.272. The number of pyridine rings is 1. The standard InChI is InChI=1S/C24H28FN7O/c1-5-15(4)28-23(33)20-10-17(12-32-22(20)29-24(26)30-32)18-11-27-31(13-18)21(14(2)3)16-6-8-19(25)9-7-16/h6-15,21H,5H2,1-4H3,(H2,26,30)(H,28,33)/t15-,21-/m0/s1. The molecular weight excluding hydrogens is 421 g/mol. The number of anilines is 1. The van der Waals surface area contributed by atoms with E-state index in [1.165, 1.54) is 16.6 Å². The normalized spacial score (nSPS) is 13.4. The summed E-state index contributed by atoms with van der Waals surface area (Å²) in [6.07, 6.45) is 6.26. The van der Waals surface area contributed by atoms with E-state index in [9.17, 15) is 9.18 Å². The molecule has 0 saturated carbocycles. The maximum atomic E-state index is 13.4. The third-order valence-corrected chi connectivity index (χ3v) is 5.75. The fraction of sp³-hybridized carbons (Fsp3) is 0.333. The van der Waals surface area contributed by atoms with Crippen molar-refractivity contribution in [3.8, 4) is 11.1 Å². The van der Waals surface area contributed by atoms with E-state index in [0.717, 1.165) is 23.1 Å². The number of nitrogens with zero attached hydrogens (tertiary/aromatic N) is 5. The van der Waals surface area contributed by atoms with E-state index in [-0.39, 0.29) is 35.7 Å². The predicted octanol–water partition coefficient (Wildman–Crippen LogP) is 4.09. The zero-order chi connectivity index (χ0) is 23.7. The SMILES string of the molecule is CC[C@H](C)NC(=O)c1cc(-c2cnn([C@H](c3ccc(F)cc3)C(C)C)c2)cn2nc(N)nc12. The molecule has 0 bridgehead atoms. The van der Waals surface area contributed by atoms with Crippen LogP contribution in [-0.4, -0.2) is 36.3 Å². The Morgan fingerprint density at radius 3 is 2.55 bits per heavy atom. The van der Waals surface area contributed by atoms with Gasteiger partial charge >= 0.3 is 0 Å². The Hall–Kier alpha value is -3.75. The van der Waals surface area contributed by atoms with Gasteiger partial charge in [-0.1, -0.05) is 32.9 Å². The maximum Gasteiger partial charge on any atom is 0.255 e. The summed E-state index contributed by atoms with van der Waals surface area (Å²) in [5, 5.41) is 11.8. The van der Waals surface area contributed by atoms with Gasteiger partial charge < -0.3 is 11.1 Å². The Bertz CT molecular complexity index is 1280. The van der Waals surface area contributed by atoms with Gasteiger partial charge in [-0.3, -0.25) is 9.48 Å². The Morgan fingerprint density at radius 2 is 1.88 bits per heavy atom. The van der Waals surface area contributed by atoms with Crippen LogP contribution in [0, 0.1) is 11.7 Å². The van der Waals surface area contributed by atoms with E-state index in [4.69, 9.17) is 5.73 Å². The van der Waals surface area contributed by atoms with Gasteiger partial charge in [0.05, 0.1) is 17.8 Å². The summed E-state index contributed by atoms with van der Waals surface area (Å²) in [7, 11) is 0. The molecule has 3 heterocycles. The first kappa shape index (κ1) is 22.4. The van der Waals surface area contributed by atoms with E-state index < -0.39 is 0 Å². The van der Waals surface area contributed by atoms with Crippen molar-refractivity contribution in [2.75, 3.05) is 5.73 Å². The molecule has 3 N–H and O–H groups in total. The second-order valence-corrected chi connectivity index (χ2v) is 8.61. The summed E-state index contributed by atoms with van der Waals surface area (Å²) < 4.78 is 16.8. The summed E-state index contributed by atoms with van der Waals surface area (Å²) >= 11 is 0. The van der Waals surface area contributed by atoms with Crippen LogP contribution in [0.3, 0.4) is 0 Å². The monoisotopic (exact) mass is 449 g/mol. The number of rotatable bonds is 7. The van der Waals surface area contributed by atoms with Gasteiger partial charge in [0.15, 0.2) is 5.65 Å². The highest BCUT2D eigenvalue weighted by Gasteiger charge is 2.21. The van der Waals surface area contributed by atoms with Crippen LogP contribution >= 0.6 is 0 Å².